The zero-order valence-electron chi connectivity index (χ0n) is 12.0. The largest absolute Gasteiger partial charge is 0.350 e. The summed E-state index contributed by atoms with van der Waals surface area (Å²) in [5.74, 6) is -0.424. The summed E-state index contributed by atoms with van der Waals surface area (Å²) in [5.41, 5.74) is 1.54. The van der Waals surface area contributed by atoms with Crippen LogP contribution in [0.3, 0.4) is 0 Å². The van der Waals surface area contributed by atoms with E-state index in [1.165, 1.54) is 6.20 Å². The smallest absolute Gasteiger partial charge is 0.257 e. The first-order valence-electron chi connectivity index (χ1n) is 6.68. The van der Waals surface area contributed by atoms with Crippen molar-refractivity contribution < 1.29 is 9.59 Å². The number of rotatable bonds is 4. The topological polar surface area (TPSA) is 71.1 Å². The maximum absolute atomic E-state index is 12.0. The van der Waals surface area contributed by atoms with Gasteiger partial charge in [0.15, 0.2) is 0 Å². The number of nitrogens with one attached hydrogen (secondary N) is 2. The molecule has 0 aliphatic carbocycles. The number of hydrogen-bond acceptors (Lipinski definition) is 3. The van der Waals surface area contributed by atoms with Gasteiger partial charge in [-0.25, -0.2) is 0 Å². The van der Waals surface area contributed by atoms with Gasteiger partial charge < -0.3 is 10.6 Å². The van der Waals surface area contributed by atoms with Crippen molar-refractivity contribution in [3.63, 3.8) is 0 Å². The van der Waals surface area contributed by atoms with Crippen LogP contribution in [0.1, 0.15) is 34.6 Å². The predicted octanol–water partition coefficient (Wildman–Crippen LogP) is 2.47. The van der Waals surface area contributed by atoms with Gasteiger partial charge in [-0.05, 0) is 44.2 Å². The summed E-state index contributed by atoms with van der Waals surface area (Å²) in [5, 5.41) is 5.56. The predicted molar refractivity (Wildman–Crippen MR) is 81.2 cm³/mol. The molecule has 2 amide bonds. The summed E-state index contributed by atoms with van der Waals surface area (Å²) >= 11 is 0. The summed E-state index contributed by atoms with van der Waals surface area (Å²) in [6.45, 7) is 3.79. The van der Waals surface area contributed by atoms with Gasteiger partial charge in [-0.15, -0.1) is 0 Å². The fourth-order valence-corrected chi connectivity index (χ4v) is 1.78. The van der Waals surface area contributed by atoms with Gasteiger partial charge in [-0.3, -0.25) is 14.6 Å². The van der Waals surface area contributed by atoms with Crippen LogP contribution in [0.4, 0.5) is 5.69 Å². The Balaban J connectivity index is 2.11. The highest BCUT2D eigenvalue weighted by molar-refractivity contribution is 6.04. The average Bonchev–Trinajstić information content (AvgIpc) is 2.47. The van der Waals surface area contributed by atoms with Crippen LogP contribution in [0, 0.1) is 0 Å². The zero-order valence-corrected chi connectivity index (χ0v) is 12.0. The third kappa shape index (κ3) is 4.14. The van der Waals surface area contributed by atoms with Crippen molar-refractivity contribution in [3.05, 3.63) is 59.9 Å². The minimum Gasteiger partial charge on any atom is -0.350 e. The Hall–Kier alpha value is -2.69. The van der Waals surface area contributed by atoms with Gasteiger partial charge in [-0.2, -0.15) is 0 Å². The quantitative estimate of drug-likeness (QED) is 0.905. The molecule has 0 aliphatic rings. The van der Waals surface area contributed by atoms with Crippen LogP contribution in [0.2, 0.25) is 0 Å². The van der Waals surface area contributed by atoms with Crippen molar-refractivity contribution in [1.29, 1.82) is 0 Å². The van der Waals surface area contributed by atoms with Gasteiger partial charge >= 0.3 is 0 Å². The van der Waals surface area contributed by atoms with Gasteiger partial charge in [0.25, 0.3) is 11.8 Å². The van der Waals surface area contributed by atoms with Gasteiger partial charge in [0, 0.05) is 29.7 Å². The van der Waals surface area contributed by atoms with Gasteiger partial charge in [0.2, 0.25) is 0 Å². The number of amides is 2. The molecule has 5 nitrogen and oxygen atoms in total. The van der Waals surface area contributed by atoms with Gasteiger partial charge in [-0.1, -0.05) is 6.07 Å². The minimum atomic E-state index is -0.260. The third-order valence-corrected chi connectivity index (χ3v) is 2.73. The second kappa shape index (κ2) is 6.65. The molecule has 5 heteroatoms. The summed E-state index contributed by atoms with van der Waals surface area (Å²) in [6.07, 6.45) is 3.10. The van der Waals surface area contributed by atoms with Crippen LogP contribution in [-0.2, 0) is 0 Å². The Morgan fingerprint density at radius 1 is 1.05 bits per heavy atom. The molecule has 0 saturated carbocycles. The molecule has 0 unspecified atom stereocenters. The molecule has 1 aromatic carbocycles. The van der Waals surface area contributed by atoms with Crippen molar-refractivity contribution >= 4 is 17.5 Å². The van der Waals surface area contributed by atoms with Crippen molar-refractivity contribution in [2.45, 2.75) is 19.9 Å². The van der Waals surface area contributed by atoms with E-state index in [1.807, 2.05) is 13.8 Å². The number of nitrogens with zero attached hydrogens (tertiary/aromatic N) is 1. The van der Waals surface area contributed by atoms with Crippen LogP contribution in [0.15, 0.2) is 48.8 Å². The fraction of sp³-hybridized carbons (Fsp3) is 0.188. The molecular weight excluding hydrogens is 266 g/mol. The molecule has 0 atom stereocenters. The van der Waals surface area contributed by atoms with E-state index in [-0.39, 0.29) is 17.9 Å². The molecule has 0 aliphatic heterocycles. The molecule has 1 heterocycles. The molecule has 1 aromatic heterocycles. The van der Waals surface area contributed by atoms with Crippen molar-refractivity contribution in [3.8, 4) is 0 Å². The van der Waals surface area contributed by atoms with Crippen LogP contribution in [0.25, 0.3) is 0 Å². The molecule has 2 N–H and O–H groups in total. The number of pyridine rings is 1. The number of carbonyl (C=O) groups excluding carboxylic acids is 2. The summed E-state index contributed by atoms with van der Waals surface area (Å²) in [6, 6.07) is 10.3. The summed E-state index contributed by atoms with van der Waals surface area (Å²) in [4.78, 5) is 27.9. The Bertz CT molecular complexity index is 639. The number of carbonyl (C=O) groups is 2. The second-order valence-electron chi connectivity index (χ2n) is 4.90. The molecule has 0 radical (unpaired) electrons. The number of aromatic nitrogens is 1. The van der Waals surface area contributed by atoms with E-state index in [4.69, 9.17) is 0 Å². The highest BCUT2D eigenvalue weighted by Crippen LogP contribution is 2.12. The fourth-order valence-electron chi connectivity index (χ4n) is 1.78. The maximum Gasteiger partial charge on any atom is 0.257 e. The monoisotopic (exact) mass is 283 g/mol. The van der Waals surface area contributed by atoms with Crippen molar-refractivity contribution in [2.24, 2.45) is 0 Å². The Kier molecular flexibility index (Phi) is 4.66. The van der Waals surface area contributed by atoms with Crippen LogP contribution >= 0.6 is 0 Å². The molecule has 2 aromatic rings. The SMILES string of the molecule is CC(C)NC(=O)c1cccc(NC(=O)c2cccnc2)c1. The molecule has 21 heavy (non-hydrogen) atoms. The first-order chi connectivity index (χ1) is 10.1. The van der Waals surface area contributed by atoms with E-state index in [1.54, 1.807) is 42.6 Å². The summed E-state index contributed by atoms with van der Waals surface area (Å²) in [7, 11) is 0. The standard InChI is InChI=1S/C16H17N3O2/c1-11(2)18-15(20)12-5-3-7-14(9-12)19-16(21)13-6-4-8-17-10-13/h3-11H,1-2H3,(H,18,20)(H,19,21). The van der Waals surface area contributed by atoms with E-state index in [0.717, 1.165) is 0 Å². The van der Waals surface area contributed by atoms with Crippen molar-refractivity contribution in [2.75, 3.05) is 5.32 Å². The first kappa shape index (κ1) is 14.7. The lowest BCUT2D eigenvalue weighted by atomic mass is 10.1. The van der Waals surface area contributed by atoms with E-state index < -0.39 is 0 Å². The lowest BCUT2D eigenvalue weighted by Gasteiger charge is -2.10. The van der Waals surface area contributed by atoms with Gasteiger partial charge in [0.05, 0.1) is 5.56 Å². The van der Waals surface area contributed by atoms with Gasteiger partial charge in [0.1, 0.15) is 0 Å². The molecule has 0 bridgehead atoms. The molecule has 0 fully saturated rings. The highest BCUT2D eigenvalue weighted by Gasteiger charge is 2.09. The second-order valence-corrected chi connectivity index (χ2v) is 4.90. The van der Waals surface area contributed by atoms with E-state index in [0.29, 0.717) is 16.8 Å². The Labute approximate surface area is 123 Å². The maximum atomic E-state index is 12.0. The van der Waals surface area contributed by atoms with E-state index >= 15 is 0 Å². The lowest BCUT2D eigenvalue weighted by molar-refractivity contribution is 0.0941. The van der Waals surface area contributed by atoms with E-state index in [2.05, 4.69) is 15.6 Å². The molecular formula is C16H17N3O2. The number of hydrogen-bond donors (Lipinski definition) is 2. The molecule has 108 valence electrons. The van der Waals surface area contributed by atoms with Crippen molar-refractivity contribution in [1.82, 2.24) is 10.3 Å². The van der Waals surface area contributed by atoms with Crippen LogP contribution < -0.4 is 10.6 Å². The number of anilines is 1. The lowest BCUT2D eigenvalue weighted by Crippen LogP contribution is -2.30. The van der Waals surface area contributed by atoms with E-state index in [9.17, 15) is 9.59 Å². The third-order valence-electron chi connectivity index (χ3n) is 2.73. The Morgan fingerprint density at radius 3 is 2.48 bits per heavy atom. The summed E-state index contributed by atoms with van der Waals surface area (Å²) < 4.78 is 0. The number of benzene rings is 1. The molecule has 0 saturated heterocycles. The zero-order chi connectivity index (χ0) is 15.2. The first-order valence-corrected chi connectivity index (χ1v) is 6.68. The Morgan fingerprint density at radius 2 is 1.81 bits per heavy atom. The normalized spacial score (nSPS) is 10.2. The van der Waals surface area contributed by atoms with Crippen LogP contribution in [-0.4, -0.2) is 22.8 Å². The van der Waals surface area contributed by atoms with Crippen LogP contribution in [0.5, 0.6) is 0 Å². The highest BCUT2D eigenvalue weighted by atomic mass is 16.2. The minimum absolute atomic E-state index is 0.0612. The molecule has 0 spiro atoms. The average molecular weight is 283 g/mol. The molecule has 2 rings (SSSR count).